The molecule has 2 rings (SSSR count). The Balaban J connectivity index is 1.89. The van der Waals surface area contributed by atoms with E-state index in [1.54, 1.807) is 6.92 Å². The molecule has 0 radical (unpaired) electrons. The van der Waals surface area contributed by atoms with Crippen LogP contribution in [-0.4, -0.2) is 19.0 Å². The lowest BCUT2D eigenvalue weighted by atomic mass is 9.95. The highest BCUT2D eigenvalue weighted by atomic mass is 19.1. The van der Waals surface area contributed by atoms with E-state index in [4.69, 9.17) is 0 Å². The molecule has 2 N–H and O–H groups in total. The Labute approximate surface area is 117 Å². The maximum absolute atomic E-state index is 13.6. The van der Waals surface area contributed by atoms with E-state index in [1.165, 1.54) is 12.1 Å². The summed E-state index contributed by atoms with van der Waals surface area (Å²) in [6.07, 6.45) is 2.57. The van der Waals surface area contributed by atoms with Gasteiger partial charge in [0.2, 0.25) is 5.91 Å². The van der Waals surface area contributed by atoms with E-state index in [9.17, 15) is 13.6 Å². The molecule has 0 aliphatic carbocycles. The van der Waals surface area contributed by atoms with Gasteiger partial charge in [0, 0.05) is 18.1 Å². The van der Waals surface area contributed by atoms with Crippen molar-refractivity contribution in [3.8, 4) is 0 Å². The quantitative estimate of drug-likeness (QED) is 0.891. The van der Waals surface area contributed by atoms with Gasteiger partial charge in [0.1, 0.15) is 11.6 Å². The molecule has 2 atom stereocenters. The van der Waals surface area contributed by atoms with Gasteiger partial charge < -0.3 is 10.6 Å². The Kier molecular flexibility index (Phi) is 5.06. The zero-order valence-electron chi connectivity index (χ0n) is 11.6. The minimum absolute atomic E-state index is 0.0880. The van der Waals surface area contributed by atoms with Crippen molar-refractivity contribution in [2.24, 2.45) is 5.92 Å². The molecule has 1 fully saturated rings. The zero-order valence-corrected chi connectivity index (χ0v) is 11.6. The second-order valence-corrected chi connectivity index (χ2v) is 5.37. The van der Waals surface area contributed by atoms with Crippen LogP contribution in [0, 0.1) is 17.6 Å². The van der Waals surface area contributed by atoms with E-state index >= 15 is 0 Å². The van der Waals surface area contributed by atoms with Crippen LogP contribution >= 0.6 is 0 Å². The number of rotatable bonds is 4. The number of hydrogen-bond donors (Lipinski definition) is 2. The average molecular weight is 282 g/mol. The normalized spacial score (nSPS) is 20.4. The van der Waals surface area contributed by atoms with Gasteiger partial charge in [-0.1, -0.05) is 6.07 Å². The molecule has 1 saturated heterocycles. The number of hydrogen-bond acceptors (Lipinski definition) is 2. The summed E-state index contributed by atoms with van der Waals surface area (Å²) in [5.74, 6) is -0.987. The van der Waals surface area contributed by atoms with E-state index in [2.05, 4.69) is 10.6 Å². The summed E-state index contributed by atoms with van der Waals surface area (Å²) in [6, 6.07) is 2.95. The van der Waals surface area contributed by atoms with Gasteiger partial charge in [0.25, 0.3) is 0 Å². The number of carbonyl (C=O) groups is 1. The topological polar surface area (TPSA) is 41.1 Å². The van der Waals surface area contributed by atoms with Crippen LogP contribution in [0.2, 0.25) is 0 Å². The Morgan fingerprint density at radius 2 is 2.30 bits per heavy atom. The van der Waals surface area contributed by atoms with Crippen LogP contribution in [0.15, 0.2) is 18.2 Å². The van der Waals surface area contributed by atoms with Crippen LogP contribution in [0.25, 0.3) is 0 Å². The molecule has 3 nitrogen and oxygen atoms in total. The van der Waals surface area contributed by atoms with Gasteiger partial charge in [0.15, 0.2) is 0 Å². The first-order valence-electron chi connectivity index (χ1n) is 7.01. The highest BCUT2D eigenvalue weighted by Crippen LogP contribution is 2.19. The van der Waals surface area contributed by atoms with Crippen LogP contribution in [0.5, 0.6) is 0 Å². The summed E-state index contributed by atoms with van der Waals surface area (Å²) in [6.45, 7) is 3.56. The molecule has 0 saturated carbocycles. The maximum atomic E-state index is 13.6. The van der Waals surface area contributed by atoms with Gasteiger partial charge in [-0.3, -0.25) is 4.79 Å². The number of nitrogens with one attached hydrogen (secondary N) is 2. The van der Waals surface area contributed by atoms with E-state index in [0.717, 1.165) is 32.0 Å². The summed E-state index contributed by atoms with van der Waals surface area (Å²) in [5.41, 5.74) is 0.307. The third kappa shape index (κ3) is 4.00. The van der Waals surface area contributed by atoms with E-state index in [1.807, 2.05) is 0 Å². The second kappa shape index (κ2) is 6.79. The standard InChI is InChI=1S/C15H20F2N2O/c1-10(13-5-4-12(16)8-14(13)17)19-15(20)7-11-3-2-6-18-9-11/h4-5,8,10-11,18H,2-3,6-7,9H2,1H3,(H,19,20). The molecule has 1 aliphatic rings. The molecule has 1 aliphatic heterocycles. The fourth-order valence-corrected chi connectivity index (χ4v) is 2.59. The van der Waals surface area contributed by atoms with Crippen LogP contribution < -0.4 is 10.6 Å². The molecule has 1 heterocycles. The van der Waals surface area contributed by atoms with Gasteiger partial charge in [-0.2, -0.15) is 0 Å². The zero-order chi connectivity index (χ0) is 14.5. The monoisotopic (exact) mass is 282 g/mol. The van der Waals surface area contributed by atoms with Gasteiger partial charge >= 0.3 is 0 Å². The third-order valence-electron chi connectivity index (χ3n) is 3.68. The number of amides is 1. The molecule has 1 aromatic carbocycles. The maximum Gasteiger partial charge on any atom is 0.220 e. The van der Waals surface area contributed by atoms with E-state index in [-0.39, 0.29) is 5.91 Å². The van der Waals surface area contributed by atoms with Crippen LogP contribution in [-0.2, 0) is 4.79 Å². The second-order valence-electron chi connectivity index (χ2n) is 5.37. The Morgan fingerprint density at radius 1 is 1.50 bits per heavy atom. The first-order chi connectivity index (χ1) is 9.56. The first-order valence-corrected chi connectivity index (χ1v) is 7.01. The van der Waals surface area contributed by atoms with Crippen LogP contribution in [0.1, 0.15) is 37.8 Å². The van der Waals surface area contributed by atoms with Gasteiger partial charge in [-0.05, 0) is 44.8 Å². The lowest BCUT2D eigenvalue weighted by Crippen LogP contribution is -2.35. The van der Waals surface area contributed by atoms with Crippen molar-refractivity contribution in [2.45, 2.75) is 32.2 Å². The Hall–Kier alpha value is -1.49. The van der Waals surface area contributed by atoms with Crippen molar-refractivity contribution >= 4 is 5.91 Å². The lowest BCUT2D eigenvalue weighted by molar-refractivity contribution is -0.122. The molecular formula is C15H20F2N2O. The van der Waals surface area contributed by atoms with Crippen LogP contribution in [0.3, 0.4) is 0 Å². The fourth-order valence-electron chi connectivity index (χ4n) is 2.59. The van der Waals surface area contributed by atoms with Gasteiger partial charge in [-0.25, -0.2) is 8.78 Å². The fraction of sp³-hybridized carbons (Fsp3) is 0.533. The molecule has 2 unspecified atom stereocenters. The molecule has 110 valence electrons. The molecule has 0 bridgehead atoms. The van der Waals surface area contributed by atoms with E-state index < -0.39 is 17.7 Å². The predicted molar refractivity (Wildman–Crippen MR) is 73.1 cm³/mol. The van der Waals surface area contributed by atoms with Crippen molar-refractivity contribution in [1.82, 2.24) is 10.6 Å². The Bertz CT molecular complexity index is 473. The number of benzene rings is 1. The summed E-state index contributed by atoms with van der Waals surface area (Å²) in [7, 11) is 0. The SMILES string of the molecule is CC(NC(=O)CC1CCCNC1)c1ccc(F)cc1F. The molecule has 0 aromatic heterocycles. The largest absolute Gasteiger partial charge is 0.349 e. The van der Waals surface area contributed by atoms with Crippen molar-refractivity contribution in [3.05, 3.63) is 35.4 Å². The molecule has 1 amide bonds. The van der Waals surface area contributed by atoms with Crippen LogP contribution in [0.4, 0.5) is 8.78 Å². The summed E-state index contributed by atoms with van der Waals surface area (Å²) in [4.78, 5) is 11.9. The van der Waals surface area contributed by atoms with E-state index in [0.29, 0.717) is 17.9 Å². The first kappa shape index (κ1) is 14.9. The highest BCUT2D eigenvalue weighted by molar-refractivity contribution is 5.76. The van der Waals surface area contributed by atoms with Crippen molar-refractivity contribution in [3.63, 3.8) is 0 Å². The summed E-state index contributed by atoms with van der Waals surface area (Å²) < 4.78 is 26.5. The highest BCUT2D eigenvalue weighted by Gasteiger charge is 2.19. The van der Waals surface area contributed by atoms with Crippen molar-refractivity contribution < 1.29 is 13.6 Å². The van der Waals surface area contributed by atoms with Crippen molar-refractivity contribution in [2.75, 3.05) is 13.1 Å². The van der Waals surface area contributed by atoms with Gasteiger partial charge in [0.05, 0.1) is 6.04 Å². The Morgan fingerprint density at radius 3 is 2.95 bits per heavy atom. The predicted octanol–water partition coefficient (Wildman–Crippen LogP) is 2.53. The number of piperidine rings is 1. The average Bonchev–Trinajstić information content (AvgIpc) is 2.39. The molecule has 20 heavy (non-hydrogen) atoms. The summed E-state index contributed by atoms with van der Waals surface area (Å²) >= 11 is 0. The molecule has 5 heteroatoms. The molecule has 1 aromatic rings. The van der Waals surface area contributed by atoms with Crippen molar-refractivity contribution in [1.29, 1.82) is 0 Å². The molecular weight excluding hydrogens is 262 g/mol. The minimum atomic E-state index is -0.628. The number of carbonyl (C=O) groups excluding carboxylic acids is 1. The third-order valence-corrected chi connectivity index (χ3v) is 3.68. The lowest BCUT2D eigenvalue weighted by Gasteiger charge is -2.23. The minimum Gasteiger partial charge on any atom is -0.349 e. The van der Waals surface area contributed by atoms with Gasteiger partial charge in [-0.15, -0.1) is 0 Å². The summed E-state index contributed by atoms with van der Waals surface area (Å²) in [5, 5.41) is 6.03. The number of halogens is 2. The smallest absolute Gasteiger partial charge is 0.220 e. The molecule has 0 spiro atoms.